The zero-order valence-electron chi connectivity index (χ0n) is 12.9. The van der Waals surface area contributed by atoms with Gasteiger partial charge in [0.1, 0.15) is 6.10 Å². The summed E-state index contributed by atoms with van der Waals surface area (Å²) >= 11 is 0. The van der Waals surface area contributed by atoms with Crippen LogP contribution in [0.5, 0.6) is 0 Å². The number of hydrogen-bond acceptors (Lipinski definition) is 3. The monoisotopic (exact) mass is 350 g/mol. The van der Waals surface area contributed by atoms with E-state index in [9.17, 15) is 31.1 Å². The van der Waals surface area contributed by atoms with Gasteiger partial charge in [-0.05, 0) is 19.8 Å². The number of carbonyl (C=O) groups is 1. The second-order valence-corrected chi connectivity index (χ2v) is 5.80. The van der Waals surface area contributed by atoms with E-state index in [1.807, 2.05) is 0 Å². The average Bonchev–Trinajstić information content (AvgIpc) is 2.36. The molecule has 136 valence electrons. The highest BCUT2D eigenvalue weighted by Gasteiger charge is 2.75. The van der Waals surface area contributed by atoms with Crippen molar-refractivity contribution < 1.29 is 40.6 Å². The Kier molecular flexibility index (Phi) is 6.34. The molecule has 0 amide bonds. The molecule has 1 aliphatic rings. The second-order valence-electron chi connectivity index (χ2n) is 5.80. The minimum Gasteiger partial charge on any atom is -0.460 e. The summed E-state index contributed by atoms with van der Waals surface area (Å²) in [4.78, 5) is 10.8. The summed E-state index contributed by atoms with van der Waals surface area (Å²) in [5.74, 6) is -2.50. The van der Waals surface area contributed by atoms with Crippen LogP contribution in [0.2, 0.25) is 0 Å². The van der Waals surface area contributed by atoms with Crippen molar-refractivity contribution in [3.05, 3.63) is 0 Å². The number of hydrogen-bond donors (Lipinski definition) is 0. The average molecular weight is 350 g/mol. The van der Waals surface area contributed by atoms with Crippen molar-refractivity contribution in [3.63, 3.8) is 0 Å². The van der Waals surface area contributed by atoms with Crippen molar-refractivity contribution in [2.45, 2.75) is 70.0 Å². The molecule has 1 unspecified atom stereocenters. The topological polar surface area (TPSA) is 35.5 Å². The van der Waals surface area contributed by atoms with Crippen LogP contribution in [-0.2, 0) is 14.3 Å². The first kappa shape index (κ1) is 20.1. The van der Waals surface area contributed by atoms with Crippen LogP contribution in [0, 0.1) is 5.92 Å². The van der Waals surface area contributed by atoms with E-state index >= 15 is 0 Å². The molecule has 1 rings (SSSR count). The molecule has 1 atom stereocenters. The fourth-order valence-electron chi connectivity index (χ4n) is 2.98. The third-order valence-corrected chi connectivity index (χ3v) is 3.94. The molecule has 1 aliphatic carbocycles. The Morgan fingerprint density at radius 1 is 1.04 bits per heavy atom. The first-order chi connectivity index (χ1) is 10.4. The maximum absolute atomic E-state index is 13.4. The van der Waals surface area contributed by atoms with Gasteiger partial charge in [-0.1, -0.05) is 19.3 Å². The molecule has 0 aromatic carbocycles. The molecule has 0 heterocycles. The highest BCUT2D eigenvalue weighted by Crippen LogP contribution is 2.54. The molecular weight excluding hydrogens is 330 g/mol. The smallest absolute Gasteiger partial charge is 0.426 e. The molecule has 0 aromatic heterocycles. The Bertz CT molecular complexity index is 384. The summed E-state index contributed by atoms with van der Waals surface area (Å²) in [6.07, 6.45) is -11.6. The van der Waals surface area contributed by atoms with Gasteiger partial charge in [-0.2, -0.15) is 26.3 Å². The van der Waals surface area contributed by atoms with Crippen LogP contribution in [0.3, 0.4) is 0 Å². The van der Waals surface area contributed by atoms with Crippen LogP contribution in [0.1, 0.15) is 46.0 Å². The van der Waals surface area contributed by atoms with Gasteiger partial charge in [-0.15, -0.1) is 0 Å². The molecule has 1 fully saturated rings. The Hall–Kier alpha value is -0.990. The van der Waals surface area contributed by atoms with Gasteiger partial charge in [0.05, 0.1) is 6.61 Å². The van der Waals surface area contributed by atoms with Gasteiger partial charge in [0.2, 0.25) is 0 Å². The fourth-order valence-corrected chi connectivity index (χ4v) is 2.98. The van der Waals surface area contributed by atoms with E-state index in [0.29, 0.717) is 19.3 Å². The van der Waals surface area contributed by atoms with Crippen molar-refractivity contribution in [2.24, 2.45) is 5.92 Å². The highest BCUT2D eigenvalue weighted by molar-refractivity contribution is 5.66. The van der Waals surface area contributed by atoms with Crippen LogP contribution >= 0.6 is 0 Å². The first-order valence-corrected chi connectivity index (χ1v) is 7.36. The molecule has 23 heavy (non-hydrogen) atoms. The van der Waals surface area contributed by atoms with E-state index in [-0.39, 0.29) is 12.8 Å². The minimum absolute atomic E-state index is 0.207. The third kappa shape index (κ3) is 4.51. The van der Waals surface area contributed by atoms with Crippen molar-refractivity contribution in [2.75, 3.05) is 6.61 Å². The maximum Gasteiger partial charge on any atom is 0.426 e. The van der Waals surface area contributed by atoms with Crippen LogP contribution in [-0.4, -0.2) is 36.6 Å². The quantitative estimate of drug-likeness (QED) is 0.545. The van der Waals surface area contributed by atoms with Gasteiger partial charge in [0, 0.05) is 12.8 Å². The molecule has 1 saturated carbocycles. The summed E-state index contributed by atoms with van der Waals surface area (Å²) in [6.45, 7) is 1.22. The zero-order chi connectivity index (χ0) is 17.9. The van der Waals surface area contributed by atoms with Crippen molar-refractivity contribution in [3.8, 4) is 0 Å². The predicted octanol–water partition coefficient (Wildman–Crippen LogP) is 4.40. The van der Waals surface area contributed by atoms with Gasteiger partial charge in [0.25, 0.3) is 5.60 Å². The number of rotatable bonds is 5. The van der Waals surface area contributed by atoms with E-state index in [1.54, 1.807) is 0 Å². The van der Waals surface area contributed by atoms with E-state index in [1.165, 1.54) is 6.92 Å². The van der Waals surface area contributed by atoms with E-state index in [0.717, 1.165) is 6.92 Å². The van der Waals surface area contributed by atoms with Gasteiger partial charge in [-0.25, -0.2) is 0 Å². The second kappa shape index (κ2) is 7.27. The summed E-state index contributed by atoms with van der Waals surface area (Å²) in [5.41, 5.74) is -4.23. The molecule has 0 bridgehead atoms. The largest absolute Gasteiger partial charge is 0.460 e. The molecular formula is C14H20F6O3. The lowest BCUT2D eigenvalue weighted by Gasteiger charge is -2.44. The molecule has 0 spiro atoms. The maximum atomic E-state index is 13.4. The number of halogens is 6. The van der Waals surface area contributed by atoms with Crippen molar-refractivity contribution >= 4 is 5.97 Å². The Morgan fingerprint density at radius 3 is 1.91 bits per heavy atom. The Labute approximate surface area is 130 Å². The lowest BCUT2D eigenvalue weighted by Crippen LogP contribution is -2.64. The van der Waals surface area contributed by atoms with E-state index < -0.39 is 42.6 Å². The van der Waals surface area contributed by atoms with Crippen LogP contribution in [0.25, 0.3) is 0 Å². The molecule has 3 nitrogen and oxygen atoms in total. The predicted molar refractivity (Wildman–Crippen MR) is 68.6 cm³/mol. The van der Waals surface area contributed by atoms with Gasteiger partial charge in [-0.3, -0.25) is 4.79 Å². The SMILES string of the molecule is CC(=O)OC(C)COC(C1CCCCC1)(C(F)(F)F)C(F)(F)F. The zero-order valence-corrected chi connectivity index (χ0v) is 12.9. The summed E-state index contributed by atoms with van der Waals surface area (Å²) in [6, 6.07) is 0. The molecule has 0 aliphatic heterocycles. The van der Waals surface area contributed by atoms with Crippen LogP contribution in [0.15, 0.2) is 0 Å². The molecule has 0 aromatic rings. The van der Waals surface area contributed by atoms with Crippen molar-refractivity contribution in [1.29, 1.82) is 0 Å². The van der Waals surface area contributed by atoms with Gasteiger partial charge < -0.3 is 9.47 Å². The standard InChI is InChI=1S/C14H20F6O3/c1-9(23-10(2)21)8-22-12(13(15,16)17,14(18,19)20)11-6-4-3-5-7-11/h9,11H,3-8H2,1-2H3. The number of carbonyl (C=O) groups excluding carboxylic acids is 1. The molecule has 0 N–H and O–H groups in total. The van der Waals surface area contributed by atoms with Crippen LogP contribution in [0.4, 0.5) is 26.3 Å². The molecule has 9 heteroatoms. The van der Waals surface area contributed by atoms with Gasteiger partial charge >= 0.3 is 18.3 Å². The Morgan fingerprint density at radius 2 is 1.52 bits per heavy atom. The normalized spacial score (nSPS) is 19.5. The van der Waals surface area contributed by atoms with Crippen LogP contribution < -0.4 is 0 Å². The lowest BCUT2D eigenvalue weighted by atomic mass is 9.75. The number of esters is 1. The first-order valence-electron chi connectivity index (χ1n) is 7.36. The van der Waals surface area contributed by atoms with Crippen molar-refractivity contribution in [1.82, 2.24) is 0 Å². The lowest BCUT2D eigenvalue weighted by molar-refractivity contribution is -0.401. The fraction of sp³-hybridized carbons (Fsp3) is 0.929. The molecule has 0 radical (unpaired) electrons. The Balaban J connectivity index is 3.10. The molecule has 0 saturated heterocycles. The summed E-state index contributed by atoms with van der Waals surface area (Å²) in [7, 11) is 0. The van der Waals surface area contributed by atoms with E-state index in [4.69, 9.17) is 0 Å². The van der Waals surface area contributed by atoms with Gasteiger partial charge in [0.15, 0.2) is 0 Å². The van der Waals surface area contributed by atoms with E-state index in [2.05, 4.69) is 9.47 Å². The number of alkyl halides is 6. The minimum atomic E-state index is -5.61. The summed E-state index contributed by atoms with van der Waals surface area (Å²) < 4.78 is 89.5. The summed E-state index contributed by atoms with van der Waals surface area (Å²) in [5, 5.41) is 0. The number of ether oxygens (including phenoxy) is 2. The third-order valence-electron chi connectivity index (χ3n) is 3.94. The highest BCUT2D eigenvalue weighted by atomic mass is 19.4.